The van der Waals surface area contributed by atoms with Crippen LogP contribution in [0.25, 0.3) is 16.6 Å². The molecule has 8 heteroatoms. The van der Waals surface area contributed by atoms with Crippen LogP contribution in [0.3, 0.4) is 0 Å². The SMILES string of the molecule is CCc1cn2ncnc(N)c2c1-c1ccc(NC(=O)Nc2cc(C)ccn2)cc1. The highest BCUT2D eigenvalue weighted by Gasteiger charge is 2.15. The van der Waals surface area contributed by atoms with Crippen molar-refractivity contribution >= 4 is 28.9 Å². The number of nitrogens with zero attached hydrogens (tertiary/aromatic N) is 4. The van der Waals surface area contributed by atoms with Gasteiger partial charge in [-0.3, -0.25) is 5.32 Å². The molecule has 0 aliphatic carbocycles. The van der Waals surface area contributed by atoms with Gasteiger partial charge < -0.3 is 11.1 Å². The standard InChI is InChI=1S/C21H21N7O/c1-3-14-11-28-19(20(22)24-12-25-28)18(14)15-4-6-16(7-5-15)26-21(29)27-17-10-13(2)8-9-23-17/h4-12H,3H2,1-2H3,(H2,22,24,25)(H2,23,26,27,29). The fourth-order valence-corrected chi connectivity index (χ4v) is 3.28. The first-order chi connectivity index (χ1) is 14.0. The number of carbonyl (C=O) groups excluding carboxylic acids is 1. The molecule has 0 saturated heterocycles. The molecule has 4 N–H and O–H groups in total. The van der Waals surface area contributed by atoms with E-state index < -0.39 is 0 Å². The Labute approximate surface area is 167 Å². The van der Waals surface area contributed by atoms with Crippen LogP contribution in [0.2, 0.25) is 0 Å². The first-order valence-corrected chi connectivity index (χ1v) is 9.27. The summed E-state index contributed by atoms with van der Waals surface area (Å²) < 4.78 is 1.75. The molecular formula is C21H21N7O. The molecule has 0 aliphatic rings. The fraction of sp³-hybridized carbons (Fsp3) is 0.143. The molecule has 4 rings (SSSR count). The van der Waals surface area contributed by atoms with Crippen LogP contribution in [0.1, 0.15) is 18.1 Å². The van der Waals surface area contributed by atoms with Gasteiger partial charge in [0.2, 0.25) is 0 Å². The summed E-state index contributed by atoms with van der Waals surface area (Å²) in [6, 6.07) is 10.9. The van der Waals surface area contributed by atoms with Gasteiger partial charge in [-0.1, -0.05) is 19.1 Å². The summed E-state index contributed by atoms with van der Waals surface area (Å²) in [6.45, 7) is 4.03. The Morgan fingerprint density at radius 1 is 1.14 bits per heavy atom. The number of urea groups is 1. The summed E-state index contributed by atoms with van der Waals surface area (Å²) in [7, 11) is 0. The van der Waals surface area contributed by atoms with Crippen LogP contribution in [0.4, 0.5) is 22.1 Å². The first-order valence-electron chi connectivity index (χ1n) is 9.27. The van der Waals surface area contributed by atoms with Gasteiger partial charge in [0.1, 0.15) is 17.7 Å². The van der Waals surface area contributed by atoms with Gasteiger partial charge in [0, 0.05) is 23.6 Å². The fourth-order valence-electron chi connectivity index (χ4n) is 3.28. The minimum absolute atomic E-state index is 0.350. The van der Waals surface area contributed by atoms with E-state index in [2.05, 4.69) is 32.6 Å². The molecule has 2 amide bonds. The van der Waals surface area contributed by atoms with Crippen LogP contribution >= 0.6 is 0 Å². The number of nitrogens with two attached hydrogens (primary N) is 1. The van der Waals surface area contributed by atoms with Crippen LogP contribution < -0.4 is 16.4 Å². The molecule has 0 aliphatic heterocycles. The number of nitrogens with one attached hydrogen (secondary N) is 2. The monoisotopic (exact) mass is 387 g/mol. The van der Waals surface area contributed by atoms with E-state index in [0.29, 0.717) is 17.3 Å². The van der Waals surface area contributed by atoms with E-state index in [0.717, 1.165) is 34.2 Å². The topological polar surface area (TPSA) is 110 Å². The average Bonchev–Trinajstić information content (AvgIpc) is 3.08. The Bertz CT molecular complexity index is 1180. The van der Waals surface area contributed by atoms with Crippen LogP contribution in [0.5, 0.6) is 0 Å². The Morgan fingerprint density at radius 3 is 2.66 bits per heavy atom. The molecule has 1 aromatic carbocycles. The lowest BCUT2D eigenvalue weighted by Crippen LogP contribution is -2.20. The lowest BCUT2D eigenvalue weighted by atomic mass is 10.0. The third kappa shape index (κ3) is 3.73. The van der Waals surface area contributed by atoms with Crippen molar-refractivity contribution in [2.75, 3.05) is 16.4 Å². The number of carbonyl (C=O) groups is 1. The quantitative estimate of drug-likeness (QED) is 0.492. The van der Waals surface area contributed by atoms with Crippen LogP contribution in [0.15, 0.2) is 55.1 Å². The summed E-state index contributed by atoms with van der Waals surface area (Å²) in [5.74, 6) is 0.935. The zero-order chi connectivity index (χ0) is 20.4. The van der Waals surface area contributed by atoms with Gasteiger partial charge >= 0.3 is 6.03 Å². The van der Waals surface area contributed by atoms with Crippen molar-refractivity contribution < 1.29 is 4.79 Å². The molecule has 0 unspecified atom stereocenters. The number of aromatic nitrogens is 4. The van der Waals surface area contributed by atoms with E-state index >= 15 is 0 Å². The highest BCUT2D eigenvalue weighted by Crippen LogP contribution is 2.33. The molecule has 4 aromatic rings. The summed E-state index contributed by atoms with van der Waals surface area (Å²) >= 11 is 0. The van der Waals surface area contributed by atoms with Crippen LogP contribution in [-0.4, -0.2) is 25.6 Å². The largest absolute Gasteiger partial charge is 0.382 e. The predicted molar refractivity (Wildman–Crippen MR) is 114 cm³/mol. The summed E-state index contributed by atoms with van der Waals surface area (Å²) in [4.78, 5) is 20.5. The Morgan fingerprint density at radius 2 is 1.93 bits per heavy atom. The molecule has 0 atom stereocenters. The third-order valence-corrected chi connectivity index (χ3v) is 4.65. The highest BCUT2D eigenvalue weighted by molar-refractivity contribution is 5.99. The van der Waals surface area contributed by atoms with E-state index in [-0.39, 0.29) is 6.03 Å². The van der Waals surface area contributed by atoms with Crippen molar-refractivity contribution in [1.82, 2.24) is 19.6 Å². The average molecular weight is 387 g/mol. The van der Waals surface area contributed by atoms with Crippen molar-refractivity contribution in [3.63, 3.8) is 0 Å². The van der Waals surface area contributed by atoms with Gasteiger partial charge in [0.15, 0.2) is 5.82 Å². The number of hydrogen-bond acceptors (Lipinski definition) is 5. The maximum absolute atomic E-state index is 12.2. The van der Waals surface area contributed by atoms with Gasteiger partial charge in [-0.15, -0.1) is 0 Å². The second-order valence-corrected chi connectivity index (χ2v) is 6.70. The molecule has 0 bridgehead atoms. The molecule has 0 radical (unpaired) electrons. The molecular weight excluding hydrogens is 366 g/mol. The zero-order valence-corrected chi connectivity index (χ0v) is 16.2. The normalized spacial score (nSPS) is 10.8. The predicted octanol–water partition coefficient (Wildman–Crippen LogP) is 3.89. The van der Waals surface area contributed by atoms with Crippen molar-refractivity contribution in [1.29, 1.82) is 0 Å². The molecule has 0 fully saturated rings. The Hall–Kier alpha value is -3.94. The van der Waals surface area contributed by atoms with E-state index in [4.69, 9.17) is 5.73 Å². The second kappa shape index (κ2) is 7.59. The number of pyridine rings is 1. The Balaban J connectivity index is 1.57. The number of hydrogen-bond donors (Lipinski definition) is 3. The van der Waals surface area contributed by atoms with Crippen molar-refractivity contribution in [2.45, 2.75) is 20.3 Å². The van der Waals surface area contributed by atoms with Crippen LogP contribution in [0, 0.1) is 6.92 Å². The maximum atomic E-state index is 12.2. The minimum Gasteiger partial charge on any atom is -0.382 e. The lowest BCUT2D eigenvalue weighted by molar-refractivity contribution is 0.262. The van der Waals surface area contributed by atoms with Crippen LogP contribution in [-0.2, 0) is 6.42 Å². The number of anilines is 3. The van der Waals surface area contributed by atoms with E-state index in [1.54, 1.807) is 16.8 Å². The Kier molecular flexibility index (Phi) is 4.82. The summed E-state index contributed by atoms with van der Waals surface area (Å²) in [6.07, 6.45) is 5.91. The molecule has 0 spiro atoms. The van der Waals surface area contributed by atoms with E-state index in [1.807, 2.05) is 43.5 Å². The second-order valence-electron chi connectivity index (χ2n) is 6.70. The molecule has 8 nitrogen and oxygen atoms in total. The van der Waals surface area contributed by atoms with E-state index in [9.17, 15) is 4.79 Å². The van der Waals surface area contributed by atoms with Gasteiger partial charge in [-0.2, -0.15) is 5.10 Å². The number of rotatable bonds is 4. The van der Waals surface area contributed by atoms with Gasteiger partial charge in [-0.05, 0) is 54.3 Å². The molecule has 0 saturated carbocycles. The first kappa shape index (κ1) is 18.4. The van der Waals surface area contributed by atoms with Crippen molar-refractivity contribution in [3.8, 4) is 11.1 Å². The molecule has 29 heavy (non-hydrogen) atoms. The van der Waals surface area contributed by atoms with Gasteiger partial charge in [0.25, 0.3) is 0 Å². The van der Waals surface area contributed by atoms with E-state index in [1.165, 1.54) is 6.33 Å². The highest BCUT2D eigenvalue weighted by atomic mass is 16.2. The number of aryl methyl sites for hydroxylation is 2. The molecule has 3 heterocycles. The number of benzene rings is 1. The van der Waals surface area contributed by atoms with Crippen molar-refractivity contribution in [3.05, 3.63) is 66.2 Å². The zero-order valence-electron chi connectivity index (χ0n) is 16.2. The smallest absolute Gasteiger partial charge is 0.324 e. The minimum atomic E-state index is -0.350. The maximum Gasteiger partial charge on any atom is 0.324 e. The van der Waals surface area contributed by atoms with Gasteiger partial charge in [-0.25, -0.2) is 19.3 Å². The molecule has 146 valence electrons. The number of nitrogen functional groups attached to an aromatic ring is 1. The molecule has 3 aromatic heterocycles. The number of fused-ring (bicyclic) bond motifs is 1. The summed E-state index contributed by atoms with van der Waals surface area (Å²) in [5.41, 5.74) is 11.7. The third-order valence-electron chi connectivity index (χ3n) is 4.65. The lowest BCUT2D eigenvalue weighted by Gasteiger charge is -2.09. The van der Waals surface area contributed by atoms with Crippen molar-refractivity contribution in [2.24, 2.45) is 0 Å². The van der Waals surface area contributed by atoms with Gasteiger partial charge in [0.05, 0.1) is 0 Å². The number of amides is 2. The summed E-state index contributed by atoms with van der Waals surface area (Å²) in [5, 5.41) is 9.79.